The average molecular weight is 321 g/mol. The molecule has 6 heteroatoms. The third-order valence-corrected chi connectivity index (χ3v) is 4.55. The summed E-state index contributed by atoms with van der Waals surface area (Å²) in [6.45, 7) is 0.501. The Hall–Kier alpha value is -1.98. The Morgan fingerprint density at radius 3 is 3.00 bits per heavy atom. The van der Waals surface area contributed by atoms with Gasteiger partial charge >= 0.3 is 0 Å². The van der Waals surface area contributed by atoms with Gasteiger partial charge in [0.25, 0.3) is 5.91 Å². The molecule has 1 amide bonds. The number of thiophene rings is 1. The van der Waals surface area contributed by atoms with Crippen molar-refractivity contribution in [3.63, 3.8) is 0 Å². The molecule has 0 unspecified atom stereocenters. The Balaban J connectivity index is 1.73. The van der Waals surface area contributed by atoms with E-state index in [1.165, 1.54) is 11.3 Å². The molecule has 2 aromatic heterocycles. The largest absolute Gasteiger partial charge is 0.469 e. The number of furan rings is 1. The number of halogens is 1. The van der Waals surface area contributed by atoms with Crippen LogP contribution in [0.4, 0.5) is 5.69 Å². The van der Waals surface area contributed by atoms with Gasteiger partial charge in [-0.2, -0.15) is 0 Å². The smallest absolute Gasteiger partial charge is 0.263 e. The van der Waals surface area contributed by atoms with Crippen molar-refractivity contribution >= 4 is 44.6 Å². The van der Waals surface area contributed by atoms with Gasteiger partial charge in [-0.25, -0.2) is 0 Å². The Kier molecular flexibility index (Phi) is 3.86. The lowest BCUT2D eigenvalue weighted by atomic mass is 10.2. The van der Waals surface area contributed by atoms with Crippen LogP contribution in [0.1, 0.15) is 15.4 Å². The number of nitrogens with one attached hydrogen (secondary N) is 1. The molecule has 0 bridgehead atoms. The fourth-order valence-electron chi connectivity index (χ4n) is 2.09. The molecule has 21 heavy (non-hydrogen) atoms. The van der Waals surface area contributed by atoms with E-state index in [9.17, 15) is 4.79 Å². The van der Waals surface area contributed by atoms with Gasteiger partial charge in [0.1, 0.15) is 10.6 Å². The van der Waals surface area contributed by atoms with Crippen molar-refractivity contribution in [2.45, 2.75) is 6.42 Å². The number of anilines is 1. The van der Waals surface area contributed by atoms with Crippen LogP contribution < -0.4 is 11.1 Å². The van der Waals surface area contributed by atoms with Crippen molar-refractivity contribution in [3.05, 3.63) is 52.3 Å². The van der Waals surface area contributed by atoms with Crippen molar-refractivity contribution in [2.24, 2.45) is 0 Å². The monoisotopic (exact) mass is 320 g/mol. The molecule has 0 atom stereocenters. The fraction of sp³-hybridized carbons (Fsp3) is 0.133. The highest BCUT2D eigenvalue weighted by molar-refractivity contribution is 7.21. The summed E-state index contributed by atoms with van der Waals surface area (Å²) in [6, 6.07) is 9.14. The van der Waals surface area contributed by atoms with Crippen LogP contribution in [0.3, 0.4) is 0 Å². The van der Waals surface area contributed by atoms with Crippen LogP contribution >= 0.6 is 22.9 Å². The second-order valence-electron chi connectivity index (χ2n) is 4.57. The van der Waals surface area contributed by atoms with E-state index in [0.29, 0.717) is 28.6 Å². The van der Waals surface area contributed by atoms with Crippen LogP contribution in [0.2, 0.25) is 5.02 Å². The molecule has 0 aliphatic rings. The number of fused-ring (bicyclic) bond motifs is 1. The lowest BCUT2D eigenvalue weighted by Gasteiger charge is -2.03. The van der Waals surface area contributed by atoms with Gasteiger partial charge in [0.15, 0.2) is 0 Å². The summed E-state index contributed by atoms with van der Waals surface area (Å²) in [7, 11) is 0. The third-order valence-electron chi connectivity index (χ3n) is 3.13. The molecule has 0 aliphatic heterocycles. The van der Waals surface area contributed by atoms with Crippen molar-refractivity contribution in [2.75, 3.05) is 12.3 Å². The maximum Gasteiger partial charge on any atom is 0.263 e. The molecule has 0 saturated heterocycles. The zero-order valence-electron chi connectivity index (χ0n) is 11.1. The van der Waals surface area contributed by atoms with Gasteiger partial charge in [-0.3, -0.25) is 4.79 Å². The SMILES string of the molecule is Nc1c(C(=O)NCCc2ccco2)sc2ccc(Cl)cc12. The van der Waals surface area contributed by atoms with E-state index >= 15 is 0 Å². The van der Waals surface area contributed by atoms with Crippen LogP contribution in [0, 0.1) is 0 Å². The molecule has 3 rings (SSSR count). The van der Waals surface area contributed by atoms with Crippen LogP contribution in [-0.2, 0) is 6.42 Å². The van der Waals surface area contributed by atoms with E-state index < -0.39 is 0 Å². The molecular weight excluding hydrogens is 308 g/mol. The minimum Gasteiger partial charge on any atom is -0.469 e. The van der Waals surface area contributed by atoms with Gasteiger partial charge in [-0.1, -0.05) is 11.6 Å². The van der Waals surface area contributed by atoms with Gasteiger partial charge in [0.2, 0.25) is 0 Å². The molecule has 0 radical (unpaired) electrons. The number of hydrogen-bond donors (Lipinski definition) is 2. The maximum atomic E-state index is 12.2. The van der Waals surface area contributed by atoms with E-state index in [-0.39, 0.29) is 5.91 Å². The van der Waals surface area contributed by atoms with E-state index in [2.05, 4.69) is 5.32 Å². The second-order valence-corrected chi connectivity index (χ2v) is 6.06. The van der Waals surface area contributed by atoms with Crippen LogP contribution in [0.25, 0.3) is 10.1 Å². The molecule has 0 spiro atoms. The number of nitrogen functional groups attached to an aromatic ring is 1. The molecule has 0 saturated carbocycles. The lowest BCUT2D eigenvalue weighted by Crippen LogP contribution is -2.25. The van der Waals surface area contributed by atoms with E-state index in [1.807, 2.05) is 18.2 Å². The Morgan fingerprint density at radius 1 is 1.38 bits per heavy atom. The minimum absolute atomic E-state index is 0.170. The number of nitrogens with two attached hydrogens (primary N) is 1. The van der Waals surface area contributed by atoms with Crippen molar-refractivity contribution in [1.82, 2.24) is 5.32 Å². The predicted octanol–water partition coefficient (Wildman–Crippen LogP) is 3.70. The summed E-state index contributed by atoms with van der Waals surface area (Å²) >= 11 is 7.33. The summed E-state index contributed by atoms with van der Waals surface area (Å²) in [5.74, 6) is 0.669. The summed E-state index contributed by atoms with van der Waals surface area (Å²) in [5.41, 5.74) is 6.53. The molecular formula is C15H13ClN2O2S. The minimum atomic E-state index is -0.170. The van der Waals surface area contributed by atoms with Gasteiger partial charge in [0, 0.05) is 28.1 Å². The first-order chi connectivity index (χ1) is 10.1. The maximum absolute atomic E-state index is 12.2. The molecule has 108 valence electrons. The number of amides is 1. The van der Waals surface area contributed by atoms with Gasteiger partial charge in [-0.05, 0) is 30.3 Å². The van der Waals surface area contributed by atoms with E-state index in [4.69, 9.17) is 21.8 Å². The third kappa shape index (κ3) is 2.89. The average Bonchev–Trinajstić information content (AvgIpc) is 3.08. The normalized spacial score (nSPS) is 10.9. The first-order valence-corrected chi connectivity index (χ1v) is 7.62. The highest BCUT2D eigenvalue weighted by Gasteiger charge is 2.16. The predicted molar refractivity (Wildman–Crippen MR) is 86.0 cm³/mol. The molecule has 3 aromatic rings. The van der Waals surface area contributed by atoms with E-state index in [1.54, 1.807) is 18.4 Å². The Morgan fingerprint density at radius 2 is 2.24 bits per heavy atom. The summed E-state index contributed by atoms with van der Waals surface area (Å²) in [4.78, 5) is 12.7. The van der Waals surface area contributed by atoms with Crippen LogP contribution in [-0.4, -0.2) is 12.5 Å². The molecule has 0 fully saturated rings. The number of rotatable bonds is 4. The molecule has 1 aromatic carbocycles. The number of carbonyl (C=O) groups is 1. The first-order valence-electron chi connectivity index (χ1n) is 6.43. The van der Waals surface area contributed by atoms with E-state index in [0.717, 1.165) is 15.8 Å². The molecule has 2 heterocycles. The first kappa shape index (κ1) is 14.0. The standard InChI is InChI=1S/C15H13ClN2O2S/c16-9-3-4-12-11(8-9)13(17)14(21-12)15(19)18-6-5-10-2-1-7-20-10/h1-4,7-8H,5-6,17H2,(H,18,19). The van der Waals surface area contributed by atoms with Gasteiger partial charge < -0.3 is 15.5 Å². The quantitative estimate of drug-likeness (QED) is 0.770. The topological polar surface area (TPSA) is 68.3 Å². The van der Waals surface area contributed by atoms with Crippen molar-refractivity contribution in [3.8, 4) is 0 Å². The summed E-state index contributed by atoms with van der Waals surface area (Å²) in [6.07, 6.45) is 2.26. The number of carbonyl (C=O) groups excluding carboxylic acids is 1. The Labute approximate surface area is 130 Å². The summed E-state index contributed by atoms with van der Waals surface area (Å²) < 4.78 is 6.17. The highest BCUT2D eigenvalue weighted by Crippen LogP contribution is 2.35. The number of benzene rings is 1. The fourth-order valence-corrected chi connectivity index (χ4v) is 3.28. The van der Waals surface area contributed by atoms with Crippen molar-refractivity contribution in [1.29, 1.82) is 0 Å². The van der Waals surface area contributed by atoms with Gasteiger partial charge in [-0.15, -0.1) is 11.3 Å². The van der Waals surface area contributed by atoms with Crippen molar-refractivity contribution < 1.29 is 9.21 Å². The molecule has 4 nitrogen and oxygen atoms in total. The summed E-state index contributed by atoms with van der Waals surface area (Å²) in [5, 5.41) is 4.28. The molecule has 3 N–H and O–H groups in total. The van der Waals surface area contributed by atoms with Crippen LogP contribution in [0.5, 0.6) is 0 Å². The Bertz CT molecular complexity index is 780. The zero-order valence-corrected chi connectivity index (χ0v) is 12.6. The second kappa shape index (κ2) is 5.79. The zero-order chi connectivity index (χ0) is 14.8. The lowest BCUT2D eigenvalue weighted by molar-refractivity contribution is 0.0958. The number of hydrogen-bond acceptors (Lipinski definition) is 4. The van der Waals surface area contributed by atoms with Gasteiger partial charge in [0.05, 0.1) is 12.0 Å². The molecule has 0 aliphatic carbocycles. The highest BCUT2D eigenvalue weighted by atomic mass is 35.5. The van der Waals surface area contributed by atoms with Crippen LogP contribution in [0.15, 0.2) is 41.0 Å².